The monoisotopic (exact) mass is 451 g/mol. The van der Waals surface area contributed by atoms with E-state index in [-0.39, 0.29) is 34.4 Å². The second-order valence-corrected chi connectivity index (χ2v) is 6.83. The molecule has 0 aliphatic rings. The predicted octanol–water partition coefficient (Wildman–Crippen LogP) is 3.17. The van der Waals surface area contributed by atoms with E-state index >= 15 is 0 Å². The van der Waals surface area contributed by atoms with E-state index in [4.69, 9.17) is 18.3 Å². The molecule has 4 rings (SSSR count). The maximum absolute atomic E-state index is 13.0. The van der Waals surface area contributed by atoms with Gasteiger partial charge in [0.1, 0.15) is 13.6 Å². The number of aromatic hydroxyl groups is 1. The summed E-state index contributed by atoms with van der Waals surface area (Å²) in [4.78, 5) is 24.8. The minimum absolute atomic E-state index is 0.00792. The van der Waals surface area contributed by atoms with Gasteiger partial charge in [0.05, 0.1) is 11.1 Å². The van der Waals surface area contributed by atoms with Crippen molar-refractivity contribution in [3.63, 3.8) is 0 Å². The van der Waals surface area contributed by atoms with Crippen molar-refractivity contribution in [3.8, 4) is 17.5 Å². The van der Waals surface area contributed by atoms with Gasteiger partial charge in [-0.1, -0.05) is 12.1 Å². The van der Waals surface area contributed by atoms with Crippen LogP contribution in [-0.4, -0.2) is 33.8 Å². The van der Waals surface area contributed by atoms with Crippen LogP contribution >= 0.6 is 0 Å². The van der Waals surface area contributed by atoms with Gasteiger partial charge >= 0.3 is 6.18 Å². The number of anilines is 2. The maximum Gasteiger partial charge on any atom is 0.416 e. The molecular formula is C21H13BF3N5O3. The number of benzene rings is 2. The molecule has 8 nitrogen and oxygen atoms in total. The average Bonchev–Trinajstić information content (AvgIpc) is 2.73. The minimum atomic E-state index is -4.69. The molecule has 0 spiro atoms. The van der Waals surface area contributed by atoms with E-state index in [1.807, 2.05) is 0 Å². The lowest BCUT2D eigenvalue weighted by atomic mass is 9.94. The standard InChI is InChI=1S/C21H13BF3N5O3/c22-15-9-14-13(18(32)28-11-6-10(21(23,24)25)7-12(31)8-11)2-1-3-16(14)29-19(15)33-17-4-5-27-20(26)30-17/h1-9,31H,(H,28,32)(H2,26,27,30). The Kier molecular flexibility index (Phi) is 5.50. The molecule has 12 heteroatoms. The Morgan fingerprint density at radius 2 is 1.91 bits per heavy atom. The number of pyridine rings is 1. The van der Waals surface area contributed by atoms with Gasteiger partial charge in [-0.05, 0) is 29.7 Å². The molecule has 4 N–H and O–H groups in total. The number of carbonyl (C=O) groups is 1. The van der Waals surface area contributed by atoms with Crippen molar-refractivity contribution >= 4 is 41.8 Å². The van der Waals surface area contributed by atoms with Crippen LogP contribution in [0.25, 0.3) is 10.9 Å². The number of aromatic nitrogens is 3. The third kappa shape index (κ3) is 4.79. The molecule has 164 valence electrons. The number of nitrogens with one attached hydrogen (secondary N) is 1. The topological polar surface area (TPSA) is 123 Å². The van der Waals surface area contributed by atoms with Gasteiger partial charge in [0.25, 0.3) is 5.91 Å². The summed E-state index contributed by atoms with van der Waals surface area (Å²) in [6, 6.07) is 9.78. The van der Waals surface area contributed by atoms with E-state index in [0.717, 1.165) is 6.07 Å². The number of nitrogens with zero attached hydrogens (tertiary/aromatic N) is 3. The first-order valence-corrected chi connectivity index (χ1v) is 9.28. The highest BCUT2D eigenvalue weighted by Gasteiger charge is 2.31. The highest BCUT2D eigenvalue weighted by molar-refractivity contribution is 6.35. The Morgan fingerprint density at radius 3 is 2.64 bits per heavy atom. The van der Waals surface area contributed by atoms with Crippen LogP contribution in [0.1, 0.15) is 15.9 Å². The van der Waals surface area contributed by atoms with Crippen molar-refractivity contribution in [2.24, 2.45) is 0 Å². The summed E-state index contributed by atoms with van der Waals surface area (Å²) in [7, 11) is 6.03. The van der Waals surface area contributed by atoms with Crippen LogP contribution in [0.4, 0.5) is 24.8 Å². The summed E-state index contributed by atoms with van der Waals surface area (Å²) < 4.78 is 44.6. The molecule has 2 aromatic heterocycles. The smallest absolute Gasteiger partial charge is 0.416 e. The van der Waals surface area contributed by atoms with E-state index < -0.39 is 23.4 Å². The fraction of sp³-hybridized carbons (Fsp3) is 0.0476. The van der Waals surface area contributed by atoms with Crippen molar-refractivity contribution in [2.45, 2.75) is 6.18 Å². The first kappa shape index (κ1) is 21.9. The van der Waals surface area contributed by atoms with Crippen LogP contribution in [0.5, 0.6) is 17.5 Å². The van der Waals surface area contributed by atoms with Crippen LogP contribution in [0.3, 0.4) is 0 Å². The fourth-order valence-electron chi connectivity index (χ4n) is 3.03. The minimum Gasteiger partial charge on any atom is -0.508 e. The van der Waals surface area contributed by atoms with Gasteiger partial charge in [0, 0.05) is 35.0 Å². The Labute approximate surface area is 185 Å². The lowest BCUT2D eigenvalue weighted by Crippen LogP contribution is -2.15. The molecule has 4 aromatic rings. The van der Waals surface area contributed by atoms with Gasteiger partial charge in [-0.3, -0.25) is 4.79 Å². The Balaban J connectivity index is 1.67. The predicted molar refractivity (Wildman–Crippen MR) is 115 cm³/mol. The molecule has 1 amide bonds. The Hall–Kier alpha value is -4.35. The highest BCUT2D eigenvalue weighted by atomic mass is 19.4. The van der Waals surface area contributed by atoms with Crippen LogP contribution in [0.2, 0.25) is 0 Å². The van der Waals surface area contributed by atoms with Gasteiger partial charge in [0.2, 0.25) is 17.7 Å². The number of rotatable bonds is 4. The maximum atomic E-state index is 13.0. The average molecular weight is 451 g/mol. The summed E-state index contributed by atoms with van der Waals surface area (Å²) in [5, 5.41) is 12.3. The Bertz CT molecular complexity index is 1380. The summed E-state index contributed by atoms with van der Waals surface area (Å²) in [6.07, 6.45) is -3.30. The first-order chi connectivity index (χ1) is 15.6. The molecule has 2 radical (unpaired) electrons. The lowest BCUT2D eigenvalue weighted by Gasteiger charge is -2.13. The molecule has 0 bridgehead atoms. The van der Waals surface area contributed by atoms with Gasteiger partial charge in [-0.2, -0.15) is 18.2 Å². The molecule has 2 aromatic carbocycles. The molecule has 0 fully saturated rings. The number of carbonyl (C=O) groups excluding carboxylic acids is 1. The number of halogens is 3. The summed E-state index contributed by atoms with van der Waals surface area (Å²) >= 11 is 0. The van der Waals surface area contributed by atoms with Gasteiger partial charge < -0.3 is 20.9 Å². The number of hydrogen-bond donors (Lipinski definition) is 3. The second kappa shape index (κ2) is 8.30. The number of fused-ring (bicyclic) bond motifs is 1. The van der Waals surface area contributed by atoms with E-state index in [0.29, 0.717) is 23.0 Å². The molecule has 0 saturated carbocycles. The zero-order valence-corrected chi connectivity index (χ0v) is 16.6. The number of nitrogen functional groups attached to an aromatic ring is 1. The number of phenolic OH excluding ortho intramolecular Hbond substituents is 1. The summed E-state index contributed by atoms with van der Waals surface area (Å²) in [5.74, 6) is -1.25. The second-order valence-electron chi connectivity index (χ2n) is 6.83. The molecular weight excluding hydrogens is 438 g/mol. The summed E-state index contributed by atoms with van der Waals surface area (Å²) in [6.45, 7) is 0. The third-order valence-electron chi connectivity index (χ3n) is 4.45. The molecule has 0 unspecified atom stereocenters. The quantitative estimate of drug-likeness (QED) is 0.408. The van der Waals surface area contributed by atoms with Gasteiger partial charge in [-0.25, -0.2) is 9.97 Å². The number of nitrogens with two attached hydrogens (primary N) is 1. The first-order valence-electron chi connectivity index (χ1n) is 9.28. The van der Waals surface area contributed by atoms with Crippen LogP contribution in [-0.2, 0) is 6.18 Å². The molecule has 0 aliphatic heterocycles. The Morgan fingerprint density at radius 1 is 1.12 bits per heavy atom. The molecule has 0 saturated heterocycles. The molecule has 33 heavy (non-hydrogen) atoms. The van der Waals surface area contributed by atoms with Crippen LogP contribution < -0.4 is 21.3 Å². The SMILES string of the molecule is [B]c1cc2c(C(=O)Nc3cc(O)cc(C(F)(F)F)c3)cccc2nc1Oc1ccnc(N)n1. The molecule has 0 aliphatic carbocycles. The number of hydrogen-bond acceptors (Lipinski definition) is 7. The lowest BCUT2D eigenvalue weighted by molar-refractivity contribution is -0.137. The number of alkyl halides is 3. The van der Waals surface area contributed by atoms with Gasteiger partial charge in [0.15, 0.2) is 0 Å². The zero-order valence-electron chi connectivity index (χ0n) is 16.6. The molecule has 2 heterocycles. The van der Waals surface area contributed by atoms with E-state index in [1.165, 1.54) is 30.5 Å². The van der Waals surface area contributed by atoms with Crippen molar-refractivity contribution in [2.75, 3.05) is 11.1 Å². The van der Waals surface area contributed by atoms with E-state index in [1.54, 1.807) is 6.07 Å². The van der Waals surface area contributed by atoms with E-state index in [9.17, 15) is 23.1 Å². The fourth-order valence-corrected chi connectivity index (χ4v) is 3.03. The largest absolute Gasteiger partial charge is 0.508 e. The van der Waals surface area contributed by atoms with Crippen molar-refractivity contribution in [3.05, 3.63) is 65.9 Å². The number of ether oxygens (including phenoxy) is 1. The van der Waals surface area contributed by atoms with Gasteiger partial charge in [-0.15, -0.1) is 0 Å². The zero-order chi connectivity index (χ0) is 23.8. The number of amides is 1. The highest BCUT2D eigenvalue weighted by Crippen LogP contribution is 2.34. The summed E-state index contributed by atoms with van der Waals surface area (Å²) in [5.41, 5.74) is 4.70. The number of phenols is 1. The van der Waals surface area contributed by atoms with Crippen LogP contribution in [0, 0.1) is 0 Å². The third-order valence-corrected chi connectivity index (χ3v) is 4.45. The van der Waals surface area contributed by atoms with Crippen molar-refractivity contribution in [1.29, 1.82) is 0 Å². The van der Waals surface area contributed by atoms with Crippen LogP contribution in [0.15, 0.2) is 54.7 Å². The van der Waals surface area contributed by atoms with E-state index in [2.05, 4.69) is 20.3 Å². The molecule has 0 atom stereocenters. The van der Waals surface area contributed by atoms with Crippen molar-refractivity contribution in [1.82, 2.24) is 15.0 Å². The normalized spacial score (nSPS) is 11.4. The van der Waals surface area contributed by atoms with Crippen molar-refractivity contribution < 1.29 is 27.8 Å².